The first kappa shape index (κ1) is 19.1. The Bertz CT molecular complexity index is 741. The predicted molar refractivity (Wildman–Crippen MR) is 104 cm³/mol. The summed E-state index contributed by atoms with van der Waals surface area (Å²) in [5, 5.41) is 2.88. The summed E-state index contributed by atoms with van der Waals surface area (Å²) in [6.45, 7) is 0.384. The summed E-state index contributed by atoms with van der Waals surface area (Å²) in [5.74, 6) is 1.86. The second-order valence-corrected chi connectivity index (χ2v) is 6.74. The molecule has 0 atom stereocenters. The number of amides is 1. The number of carbonyl (C=O) groups is 1. The lowest BCUT2D eigenvalue weighted by Crippen LogP contribution is -2.28. The van der Waals surface area contributed by atoms with Crippen LogP contribution in [0.1, 0.15) is 37.7 Å². The molecule has 27 heavy (non-hydrogen) atoms. The van der Waals surface area contributed by atoms with Gasteiger partial charge in [-0.25, -0.2) is 0 Å². The van der Waals surface area contributed by atoms with Gasteiger partial charge in [-0.2, -0.15) is 0 Å². The molecule has 1 fully saturated rings. The van der Waals surface area contributed by atoms with Gasteiger partial charge in [0.05, 0.1) is 13.2 Å². The molecule has 0 bridgehead atoms. The van der Waals surface area contributed by atoms with Crippen LogP contribution in [0.15, 0.2) is 48.5 Å². The summed E-state index contributed by atoms with van der Waals surface area (Å²) >= 11 is 0. The van der Waals surface area contributed by atoms with Gasteiger partial charge in [0.25, 0.3) is 5.91 Å². The fourth-order valence-corrected chi connectivity index (χ4v) is 3.24. The topological polar surface area (TPSA) is 56.8 Å². The molecule has 0 radical (unpaired) electrons. The lowest BCUT2D eigenvalue weighted by molar-refractivity contribution is -0.123. The normalized spacial score (nSPS) is 14.4. The summed E-state index contributed by atoms with van der Waals surface area (Å²) in [6.07, 6.45) is 6.36. The van der Waals surface area contributed by atoms with Crippen molar-refractivity contribution in [1.29, 1.82) is 0 Å². The maximum Gasteiger partial charge on any atom is 0.258 e. The van der Waals surface area contributed by atoms with Crippen molar-refractivity contribution in [3.63, 3.8) is 0 Å². The van der Waals surface area contributed by atoms with Gasteiger partial charge in [-0.15, -0.1) is 0 Å². The summed E-state index contributed by atoms with van der Waals surface area (Å²) in [4.78, 5) is 12.1. The van der Waals surface area contributed by atoms with E-state index in [0.717, 1.165) is 24.2 Å². The molecule has 3 rings (SSSR count). The lowest BCUT2D eigenvalue weighted by Gasteiger charge is -2.23. The van der Waals surface area contributed by atoms with Crippen LogP contribution in [-0.2, 0) is 11.3 Å². The molecule has 0 aliphatic heterocycles. The van der Waals surface area contributed by atoms with Crippen molar-refractivity contribution in [2.45, 2.75) is 44.8 Å². The molecule has 1 saturated carbocycles. The minimum atomic E-state index is -0.181. The Balaban J connectivity index is 1.46. The monoisotopic (exact) mass is 369 g/mol. The molecule has 1 aliphatic rings. The maximum atomic E-state index is 12.1. The second-order valence-electron chi connectivity index (χ2n) is 6.74. The molecular weight excluding hydrogens is 342 g/mol. The van der Waals surface area contributed by atoms with Gasteiger partial charge in [0, 0.05) is 6.54 Å². The molecular formula is C22H27NO4. The molecule has 1 N–H and O–H groups in total. The highest BCUT2D eigenvalue weighted by molar-refractivity contribution is 5.77. The van der Waals surface area contributed by atoms with Gasteiger partial charge >= 0.3 is 0 Å². The van der Waals surface area contributed by atoms with E-state index in [1.165, 1.54) is 19.3 Å². The van der Waals surface area contributed by atoms with E-state index in [-0.39, 0.29) is 12.5 Å². The lowest BCUT2D eigenvalue weighted by atomic mass is 9.98. The van der Waals surface area contributed by atoms with Crippen LogP contribution in [0, 0.1) is 0 Å². The fourth-order valence-electron chi connectivity index (χ4n) is 3.24. The smallest absolute Gasteiger partial charge is 0.258 e. The predicted octanol–water partition coefficient (Wildman–Crippen LogP) is 4.10. The van der Waals surface area contributed by atoms with E-state index in [4.69, 9.17) is 14.2 Å². The molecule has 0 heterocycles. The van der Waals surface area contributed by atoms with Crippen LogP contribution in [0.25, 0.3) is 0 Å². The minimum Gasteiger partial charge on any atom is -0.493 e. The number of hydrogen-bond donors (Lipinski definition) is 1. The largest absolute Gasteiger partial charge is 0.493 e. The minimum absolute atomic E-state index is 0.0569. The number of ether oxygens (including phenoxy) is 3. The Kier molecular flexibility index (Phi) is 6.97. The van der Waals surface area contributed by atoms with Crippen molar-refractivity contribution < 1.29 is 19.0 Å². The van der Waals surface area contributed by atoms with Crippen molar-refractivity contribution in [3.8, 4) is 17.2 Å². The molecule has 1 amide bonds. The van der Waals surface area contributed by atoms with Crippen LogP contribution in [-0.4, -0.2) is 25.7 Å². The van der Waals surface area contributed by atoms with Crippen molar-refractivity contribution >= 4 is 5.91 Å². The highest BCUT2D eigenvalue weighted by atomic mass is 16.5. The first-order valence-corrected chi connectivity index (χ1v) is 9.52. The van der Waals surface area contributed by atoms with Crippen LogP contribution in [0.3, 0.4) is 0 Å². The van der Waals surface area contributed by atoms with E-state index in [9.17, 15) is 4.79 Å². The highest BCUT2D eigenvalue weighted by Gasteiger charge is 2.15. The number of carbonyl (C=O) groups excluding carboxylic acids is 1. The van der Waals surface area contributed by atoms with Gasteiger partial charge < -0.3 is 19.5 Å². The standard InChI is InChI=1S/C22H27NO4/c1-25-20-12-5-6-13-21(20)26-16-22(24)23-15-17-8-7-11-19(14-17)27-18-9-3-2-4-10-18/h5-8,11-14,18H,2-4,9-10,15-16H2,1H3,(H,23,24). The summed E-state index contributed by atoms with van der Waals surface area (Å²) in [7, 11) is 1.57. The Labute approximate surface area is 160 Å². The Hall–Kier alpha value is -2.69. The van der Waals surface area contributed by atoms with Gasteiger partial charge in [0.15, 0.2) is 18.1 Å². The molecule has 0 spiro atoms. The van der Waals surface area contributed by atoms with Crippen molar-refractivity contribution in [2.75, 3.05) is 13.7 Å². The molecule has 0 unspecified atom stereocenters. The summed E-state index contributed by atoms with van der Waals surface area (Å²) < 4.78 is 16.8. The number of benzene rings is 2. The quantitative estimate of drug-likeness (QED) is 0.761. The number of hydrogen-bond acceptors (Lipinski definition) is 4. The number of para-hydroxylation sites is 2. The molecule has 5 nitrogen and oxygen atoms in total. The van der Waals surface area contributed by atoms with Crippen LogP contribution < -0.4 is 19.5 Å². The molecule has 2 aromatic carbocycles. The SMILES string of the molecule is COc1ccccc1OCC(=O)NCc1cccc(OC2CCCCC2)c1. The average molecular weight is 369 g/mol. The number of rotatable bonds is 8. The Morgan fingerprint density at radius 2 is 1.81 bits per heavy atom. The molecule has 144 valence electrons. The first-order chi connectivity index (χ1) is 13.2. The van der Waals surface area contributed by atoms with Crippen LogP contribution in [0.2, 0.25) is 0 Å². The summed E-state index contributed by atoms with van der Waals surface area (Å²) in [5.41, 5.74) is 1.01. The first-order valence-electron chi connectivity index (χ1n) is 9.52. The van der Waals surface area contributed by atoms with Gasteiger partial charge in [-0.3, -0.25) is 4.79 Å². The third kappa shape index (κ3) is 5.91. The third-order valence-electron chi connectivity index (χ3n) is 4.67. The zero-order valence-electron chi connectivity index (χ0n) is 15.8. The zero-order valence-corrected chi connectivity index (χ0v) is 15.8. The van der Waals surface area contributed by atoms with E-state index in [2.05, 4.69) is 5.32 Å². The molecule has 1 aliphatic carbocycles. The second kappa shape index (κ2) is 9.86. The van der Waals surface area contributed by atoms with E-state index >= 15 is 0 Å². The Morgan fingerprint density at radius 1 is 1.04 bits per heavy atom. The summed E-state index contributed by atoms with van der Waals surface area (Å²) in [6, 6.07) is 15.2. The number of nitrogens with one attached hydrogen (secondary N) is 1. The Morgan fingerprint density at radius 3 is 2.59 bits per heavy atom. The molecule has 2 aromatic rings. The van der Waals surface area contributed by atoms with Crippen LogP contribution >= 0.6 is 0 Å². The van der Waals surface area contributed by atoms with E-state index < -0.39 is 0 Å². The molecule has 5 heteroatoms. The van der Waals surface area contributed by atoms with Gasteiger partial charge in [-0.05, 0) is 55.5 Å². The van der Waals surface area contributed by atoms with Gasteiger partial charge in [0.1, 0.15) is 5.75 Å². The fraction of sp³-hybridized carbons (Fsp3) is 0.409. The van der Waals surface area contributed by atoms with Gasteiger partial charge in [0.2, 0.25) is 0 Å². The van der Waals surface area contributed by atoms with E-state index in [1.807, 2.05) is 36.4 Å². The van der Waals surface area contributed by atoms with E-state index in [1.54, 1.807) is 19.2 Å². The van der Waals surface area contributed by atoms with E-state index in [0.29, 0.717) is 24.1 Å². The van der Waals surface area contributed by atoms with Crippen molar-refractivity contribution in [1.82, 2.24) is 5.32 Å². The number of methoxy groups -OCH3 is 1. The van der Waals surface area contributed by atoms with Crippen molar-refractivity contribution in [3.05, 3.63) is 54.1 Å². The average Bonchev–Trinajstić information content (AvgIpc) is 2.72. The van der Waals surface area contributed by atoms with Crippen molar-refractivity contribution in [2.24, 2.45) is 0 Å². The highest BCUT2D eigenvalue weighted by Crippen LogP contribution is 2.26. The zero-order chi connectivity index (χ0) is 18.9. The van der Waals surface area contributed by atoms with Gasteiger partial charge in [-0.1, -0.05) is 30.7 Å². The van der Waals surface area contributed by atoms with Crippen LogP contribution in [0.4, 0.5) is 0 Å². The molecule has 0 saturated heterocycles. The maximum absolute atomic E-state index is 12.1. The van der Waals surface area contributed by atoms with Crippen LogP contribution in [0.5, 0.6) is 17.2 Å². The third-order valence-corrected chi connectivity index (χ3v) is 4.67. The molecule has 0 aromatic heterocycles.